The van der Waals surface area contributed by atoms with Crippen LogP contribution in [0.3, 0.4) is 0 Å². The Balaban J connectivity index is 2.17. The van der Waals surface area contributed by atoms with Gasteiger partial charge in [0.2, 0.25) is 0 Å². The van der Waals surface area contributed by atoms with Gasteiger partial charge in [-0.1, -0.05) is 0 Å². The molecule has 1 saturated heterocycles. The van der Waals surface area contributed by atoms with Crippen LogP contribution >= 0.6 is 0 Å². The first-order chi connectivity index (χ1) is 9.63. The SMILES string of the molecule is CNC(Cc1ncnn1C(C)C)C1(OC)CCOCC1. The average molecular weight is 282 g/mol. The van der Waals surface area contributed by atoms with Gasteiger partial charge in [0.1, 0.15) is 12.2 Å². The highest BCUT2D eigenvalue weighted by molar-refractivity contribution is 5.01. The monoisotopic (exact) mass is 282 g/mol. The summed E-state index contributed by atoms with van der Waals surface area (Å²) in [6.07, 6.45) is 4.25. The number of hydrogen-bond donors (Lipinski definition) is 1. The number of rotatable bonds is 6. The van der Waals surface area contributed by atoms with Gasteiger partial charge in [-0.15, -0.1) is 0 Å². The predicted octanol–water partition coefficient (Wildman–Crippen LogP) is 1.19. The Morgan fingerprint density at radius 2 is 2.15 bits per heavy atom. The van der Waals surface area contributed by atoms with E-state index in [2.05, 4.69) is 29.2 Å². The van der Waals surface area contributed by atoms with Crippen molar-refractivity contribution in [1.82, 2.24) is 20.1 Å². The molecule has 0 aromatic carbocycles. The van der Waals surface area contributed by atoms with Gasteiger partial charge in [0.05, 0.1) is 5.60 Å². The smallest absolute Gasteiger partial charge is 0.138 e. The van der Waals surface area contributed by atoms with Crippen LogP contribution in [0.1, 0.15) is 38.6 Å². The van der Waals surface area contributed by atoms with Crippen LogP contribution < -0.4 is 5.32 Å². The van der Waals surface area contributed by atoms with Crippen LogP contribution in [0.4, 0.5) is 0 Å². The van der Waals surface area contributed by atoms with E-state index in [1.807, 2.05) is 11.7 Å². The normalized spacial score (nSPS) is 20.2. The molecular formula is C14H26N4O2. The fourth-order valence-corrected chi connectivity index (χ4v) is 3.00. The number of likely N-dealkylation sites (N-methyl/N-ethyl adjacent to an activating group) is 1. The molecular weight excluding hydrogens is 256 g/mol. The van der Waals surface area contributed by atoms with Crippen LogP contribution in [-0.4, -0.2) is 53.8 Å². The van der Waals surface area contributed by atoms with Gasteiger partial charge in [-0.3, -0.25) is 0 Å². The number of aromatic nitrogens is 3. The summed E-state index contributed by atoms with van der Waals surface area (Å²) in [5, 5.41) is 7.72. The zero-order valence-electron chi connectivity index (χ0n) is 12.9. The lowest BCUT2D eigenvalue weighted by molar-refractivity contribution is -0.109. The van der Waals surface area contributed by atoms with E-state index in [0.717, 1.165) is 38.3 Å². The highest BCUT2D eigenvalue weighted by Gasteiger charge is 2.40. The van der Waals surface area contributed by atoms with Crippen LogP contribution in [-0.2, 0) is 15.9 Å². The molecule has 1 unspecified atom stereocenters. The molecule has 0 aliphatic carbocycles. The first-order valence-corrected chi connectivity index (χ1v) is 7.31. The quantitative estimate of drug-likeness (QED) is 0.849. The second-order valence-corrected chi connectivity index (χ2v) is 5.64. The molecule has 0 amide bonds. The van der Waals surface area contributed by atoms with Crippen LogP contribution in [0.5, 0.6) is 0 Å². The Hall–Kier alpha value is -0.980. The number of nitrogens with one attached hydrogen (secondary N) is 1. The van der Waals surface area contributed by atoms with E-state index < -0.39 is 0 Å². The van der Waals surface area contributed by atoms with E-state index >= 15 is 0 Å². The maximum Gasteiger partial charge on any atom is 0.138 e. The molecule has 20 heavy (non-hydrogen) atoms. The van der Waals surface area contributed by atoms with E-state index in [1.54, 1.807) is 13.4 Å². The molecule has 0 bridgehead atoms. The first-order valence-electron chi connectivity index (χ1n) is 7.31. The van der Waals surface area contributed by atoms with Crippen molar-refractivity contribution in [2.45, 2.75) is 50.8 Å². The minimum atomic E-state index is -0.180. The average Bonchev–Trinajstić information content (AvgIpc) is 2.94. The fraction of sp³-hybridized carbons (Fsp3) is 0.857. The summed E-state index contributed by atoms with van der Waals surface area (Å²) in [6, 6.07) is 0.524. The molecule has 1 aromatic heterocycles. The largest absolute Gasteiger partial charge is 0.381 e. The lowest BCUT2D eigenvalue weighted by Crippen LogP contribution is -2.55. The van der Waals surface area contributed by atoms with Crippen molar-refractivity contribution in [2.75, 3.05) is 27.4 Å². The van der Waals surface area contributed by atoms with E-state index in [4.69, 9.17) is 9.47 Å². The van der Waals surface area contributed by atoms with Gasteiger partial charge in [0.25, 0.3) is 0 Å². The van der Waals surface area contributed by atoms with E-state index in [9.17, 15) is 0 Å². The summed E-state index contributed by atoms with van der Waals surface area (Å²) in [5.41, 5.74) is -0.180. The van der Waals surface area contributed by atoms with Crippen molar-refractivity contribution in [3.63, 3.8) is 0 Å². The van der Waals surface area contributed by atoms with Gasteiger partial charge in [-0.2, -0.15) is 5.10 Å². The van der Waals surface area contributed by atoms with Gasteiger partial charge >= 0.3 is 0 Å². The molecule has 2 heterocycles. The van der Waals surface area contributed by atoms with Crippen molar-refractivity contribution in [1.29, 1.82) is 0 Å². The predicted molar refractivity (Wildman–Crippen MR) is 76.8 cm³/mol. The van der Waals surface area contributed by atoms with Crippen molar-refractivity contribution in [3.8, 4) is 0 Å². The second-order valence-electron chi connectivity index (χ2n) is 5.64. The Labute approximate surface area is 120 Å². The molecule has 1 aromatic rings. The Kier molecular flexibility index (Phi) is 5.12. The molecule has 1 aliphatic heterocycles. The highest BCUT2D eigenvalue weighted by atomic mass is 16.5. The minimum Gasteiger partial charge on any atom is -0.381 e. The van der Waals surface area contributed by atoms with Crippen molar-refractivity contribution < 1.29 is 9.47 Å². The lowest BCUT2D eigenvalue weighted by atomic mass is 9.84. The van der Waals surface area contributed by atoms with E-state index in [1.165, 1.54) is 0 Å². The summed E-state index contributed by atoms with van der Waals surface area (Å²) < 4.78 is 13.3. The summed E-state index contributed by atoms with van der Waals surface area (Å²) in [7, 11) is 3.78. The highest BCUT2D eigenvalue weighted by Crippen LogP contribution is 2.30. The number of ether oxygens (including phenoxy) is 2. The molecule has 0 radical (unpaired) electrons. The van der Waals surface area contributed by atoms with E-state index in [0.29, 0.717) is 6.04 Å². The number of nitrogens with zero attached hydrogens (tertiary/aromatic N) is 3. The van der Waals surface area contributed by atoms with Crippen molar-refractivity contribution in [3.05, 3.63) is 12.2 Å². The molecule has 0 spiro atoms. The molecule has 1 aliphatic rings. The Morgan fingerprint density at radius 3 is 2.70 bits per heavy atom. The standard InChI is InChI=1S/C14H26N4O2/c1-11(2)18-13(16-10-17-18)9-12(15-3)14(19-4)5-7-20-8-6-14/h10-12,15H,5-9H2,1-4H3. The molecule has 1 fully saturated rings. The summed E-state index contributed by atoms with van der Waals surface area (Å²) in [6.45, 7) is 5.74. The van der Waals surface area contributed by atoms with Crippen LogP contribution in [0.15, 0.2) is 6.33 Å². The molecule has 1 N–H and O–H groups in total. The zero-order chi connectivity index (χ0) is 14.6. The molecule has 6 heteroatoms. The molecule has 114 valence electrons. The maximum atomic E-state index is 5.88. The van der Waals surface area contributed by atoms with Crippen LogP contribution in [0.25, 0.3) is 0 Å². The number of hydrogen-bond acceptors (Lipinski definition) is 5. The summed E-state index contributed by atoms with van der Waals surface area (Å²) >= 11 is 0. The third-order valence-corrected chi connectivity index (χ3v) is 4.25. The van der Waals surface area contributed by atoms with Crippen LogP contribution in [0.2, 0.25) is 0 Å². The Bertz CT molecular complexity index is 413. The van der Waals surface area contributed by atoms with Crippen molar-refractivity contribution >= 4 is 0 Å². The second kappa shape index (κ2) is 6.65. The van der Waals surface area contributed by atoms with Gasteiger partial charge in [0.15, 0.2) is 0 Å². The molecule has 6 nitrogen and oxygen atoms in total. The molecule has 1 atom stereocenters. The van der Waals surface area contributed by atoms with Gasteiger partial charge < -0.3 is 14.8 Å². The summed E-state index contributed by atoms with van der Waals surface area (Å²) in [4.78, 5) is 4.41. The topological polar surface area (TPSA) is 61.2 Å². The van der Waals surface area contributed by atoms with Gasteiger partial charge in [-0.05, 0) is 20.9 Å². The minimum absolute atomic E-state index is 0.180. The van der Waals surface area contributed by atoms with Gasteiger partial charge in [0, 0.05) is 51.7 Å². The zero-order valence-corrected chi connectivity index (χ0v) is 12.9. The van der Waals surface area contributed by atoms with Gasteiger partial charge in [-0.25, -0.2) is 9.67 Å². The molecule has 2 rings (SSSR count). The molecule has 0 saturated carbocycles. The van der Waals surface area contributed by atoms with Crippen LogP contribution in [0, 0.1) is 0 Å². The number of methoxy groups -OCH3 is 1. The third-order valence-electron chi connectivity index (χ3n) is 4.25. The third kappa shape index (κ3) is 3.02. The Morgan fingerprint density at radius 1 is 1.45 bits per heavy atom. The summed E-state index contributed by atoms with van der Waals surface area (Å²) in [5.74, 6) is 1.00. The van der Waals surface area contributed by atoms with E-state index in [-0.39, 0.29) is 11.6 Å². The first kappa shape index (κ1) is 15.4. The lowest BCUT2D eigenvalue weighted by Gasteiger charge is -2.42. The van der Waals surface area contributed by atoms with Crippen molar-refractivity contribution in [2.24, 2.45) is 0 Å². The maximum absolute atomic E-state index is 5.88. The fourth-order valence-electron chi connectivity index (χ4n) is 3.00.